The molecule has 1 unspecified atom stereocenters. The van der Waals surface area contributed by atoms with Crippen LogP contribution >= 0.6 is 0 Å². The van der Waals surface area contributed by atoms with Crippen LogP contribution in [0.2, 0.25) is 0 Å². The number of fused-ring (bicyclic) bond motifs is 1. The van der Waals surface area contributed by atoms with Crippen LogP contribution in [0.25, 0.3) is 0 Å². The summed E-state index contributed by atoms with van der Waals surface area (Å²) in [6, 6.07) is 4.59. The molecule has 1 aromatic carbocycles. The Morgan fingerprint density at radius 2 is 2.11 bits per heavy atom. The second-order valence-electron chi connectivity index (χ2n) is 4.31. The van der Waals surface area contributed by atoms with Gasteiger partial charge in [0.15, 0.2) is 5.54 Å². The number of hydrogen-bond donors (Lipinski definition) is 2. The van der Waals surface area contributed by atoms with Crippen molar-refractivity contribution in [2.75, 3.05) is 19.7 Å². The Labute approximate surface area is 106 Å². The number of phenolic OH excluding ortho intramolecular Hbond substituents is 1. The van der Waals surface area contributed by atoms with Gasteiger partial charge in [-0.15, -0.1) is 0 Å². The molecule has 1 heterocycles. The van der Waals surface area contributed by atoms with E-state index >= 15 is 0 Å². The first kappa shape index (κ1) is 12.7. The molecule has 98 valence electrons. The van der Waals surface area contributed by atoms with E-state index in [0.29, 0.717) is 24.4 Å². The Bertz CT molecular complexity index is 470. The standard InChI is InChI=1S/C13H17NO4/c1-3-14(4-2)13(12(16)17)8-18-11-7-9(15)5-6-10(11)13/h5-7,15H,3-4,8H2,1-2H3,(H,16,17). The van der Waals surface area contributed by atoms with E-state index in [1.54, 1.807) is 6.07 Å². The van der Waals surface area contributed by atoms with Crippen LogP contribution in [-0.4, -0.2) is 40.8 Å². The third-order valence-electron chi connectivity index (χ3n) is 3.50. The second kappa shape index (κ2) is 4.49. The van der Waals surface area contributed by atoms with Gasteiger partial charge in [0.2, 0.25) is 0 Å². The fraction of sp³-hybridized carbons (Fsp3) is 0.462. The third-order valence-corrected chi connectivity index (χ3v) is 3.50. The summed E-state index contributed by atoms with van der Waals surface area (Å²) in [5, 5.41) is 19.0. The van der Waals surface area contributed by atoms with Gasteiger partial charge in [-0.1, -0.05) is 13.8 Å². The van der Waals surface area contributed by atoms with Crippen molar-refractivity contribution in [3.63, 3.8) is 0 Å². The number of ether oxygens (including phenoxy) is 1. The predicted molar refractivity (Wildman–Crippen MR) is 65.8 cm³/mol. The molecule has 2 N–H and O–H groups in total. The van der Waals surface area contributed by atoms with Crippen molar-refractivity contribution < 1.29 is 19.7 Å². The fourth-order valence-corrected chi connectivity index (χ4v) is 2.57. The summed E-state index contributed by atoms with van der Waals surface area (Å²) in [4.78, 5) is 13.6. The van der Waals surface area contributed by atoms with E-state index in [2.05, 4.69) is 0 Å². The van der Waals surface area contributed by atoms with Crippen LogP contribution in [0.1, 0.15) is 19.4 Å². The van der Waals surface area contributed by atoms with Gasteiger partial charge in [0.05, 0.1) is 0 Å². The summed E-state index contributed by atoms with van der Waals surface area (Å²) in [6.45, 7) is 5.15. The summed E-state index contributed by atoms with van der Waals surface area (Å²) < 4.78 is 5.46. The molecule has 0 amide bonds. The van der Waals surface area contributed by atoms with E-state index in [0.717, 1.165) is 0 Å². The maximum absolute atomic E-state index is 11.7. The first-order valence-corrected chi connectivity index (χ1v) is 6.01. The van der Waals surface area contributed by atoms with Crippen LogP contribution in [0, 0.1) is 0 Å². The predicted octanol–water partition coefficient (Wildman–Crippen LogP) is 1.41. The molecule has 0 saturated carbocycles. The first-order valence-electron chi connectivity index (χ1n) is 6.01. The minimum absolute atomic E-state index is 0.0722. The van der Waals surface area contributed by atoms with Gasteiger partial charge in [0.1, 0.15) is 18.1 Å². The number of nitrogens with zero attached hydrogens (tertiary/aromatic N) is 1. The highest BCUT2D eigenvalue weighted by Crippen LogP contribution is 2.42. The minimum atomic E-state index is -1.15. The molecule has 18 heavy (non-hydrogen) atoms. The van der Waals surface area contributed by atoms with Crippen molar-refractivity contribution in [1.29, 1.82) is 0 Å². The van der Waals surface area contributed by atoms with Crippen LogP contribution < -0.4 is 4.74 Å². The lowest BCUT2D eigenvalue weighted by atomic mass is 9.90. The Kier molecular flexibility index (Phi) is 3.17. The monoisotopic (exact) mass is 251 g/mol. The fourth-order valence-electron chi connectivity index (χ4n) is 2.57. The number of hydrogen-bond acceptors (Lipinski definition) is 4. The van der Waals surface area contributed by atoms with Crippen LogP contribution in [0.4, 0.5) is 0 Å². The molecule has 0 aromatic heterocycles. The molecule has 0 aliphatic carbocycles. The normalized spacial score (nSPS) is 21.7. The molecule has 1 aliphatic rings. The number of rotatable bonds is 4. The molecular formula is C13H17NO4. The molecule has 1 aromatic rings. The number of aromatic hydroxyl groups is 1. The highest BCUT2D eigenvalue weighted by atomic mass is 16.5. The Balaban J connectivity index is 2.57. The van der Waals surface area contributed by atoms with E-state index in [-0.39, 0.29) is 12.4 Å². The number of carbonyl (C=O) groups is 1. The highest BCUT2D eigenvalue weighted by molar-refractivity contribution is 5.83. The summed E-state index contributed by atoms with van der Waals surface area (Å²) in [5.41, 5.74) is -0.538. The SMILES string of the molecule is CCN(CC)C1(C(=O)O)COc2cc(O)ccc21. The van der Waals surface area contributed by atoms with Crippen LogP contribution in [-0.2, 0) is 10.3 Å². The quantitative estimate of drug-likeness (QED) is 0.846. The molecule has 0 bridgehead atoms. The maximum Gasteiger partial charge on any atom is 0.332 e. The lowest BCUT2D eigenvalue weighted by molar-refractivity contribution is -0.153. The van der Waals surface area contributed by atoms with Gasteiger partial charge in [0.25, 0.3) is 0 Å². The number of phenols is 1. The topological polar surface area (TPSA) is 70.0 Å². The molecule has 2 rings (SSSR count). The van der Waals surface area contributed by atoms with E-state index in [1.165, 1.54) is 12.1 Å². The molecule has 0 saturated heterocycles. The number of carboxylic acids is 1. The van der Waals surface area contributed by atoms with Gasteiger partial charge in [-0.2, -0.15) is 0 Å². The Morgan fingerprint density at radius 3 is 2.67 bits per heavy atom. The Hall–Kier alpha value is -1.75. The minimum Gasteiger partial charge on any atom is -0.508 e. The van der Waals surface area contributed by atoms with Crippen LogP contribution in [0.3, 0.4) is 0 Å². The number of aliphatic carboxylic acids is 1. The van der Waals surface area contributed by atoms with Gasteiger partial charge >= 0.3 is 5.97 Å². The van der Waals surface area contributed by atoms with Gasteiger partial charge in [-0.05, 0) is 25.2 Å². The first-order chi connectivity index (χ1) is 8.56. The largest absolute Gasteiger partial charge is 0.508 e. The summed E-state index contributed by atoms with van der Waals surface area (Å²) in [6.07, 6.45) is 0. The van der Waals surface area contributed by atoms with Gasteiger partial charge < -0.3 is 14.9 Å². The number of benzene rings is 1. The Morgan fingerprint density at radius 1 is 1.44 bits per heavy atom. The second-order valence-corrected chi connectivity index (χ2v) is 4.31. The average Bonchev–Trinajstić information content (AvgIpc) is 2.71. The summed E-state index contributed by atoms with van der Waals surface area (Å²) in [7, 11) is 0. The van der Waals surface area contributed by atoms with Crippen molar-refractivity contribution in [2.45, 2.75) is 19.4 Å². The van der Waals surface area contributed by atoms with E-state index in [9.17, 15) is 15.0 Å². The van der Waals surface area contributed by atoms with Crippen molar-refractivity contribution in [2.24, 2.45) is 0 Å². The van der Waals surface area contributed by atoms with Crippen LogP contribution in [0.15, 0.2) is 18.2 Å². The van der Waals surface area contributed by atoms with Gasteiger partial charge in [-0.3, -0.25) is 4.90 Å². The van der Waals surface area contributed by atoms with Crippen molar-refractivity contribution in [1.82, 2.24) is 4.90 Å². The van der Waals surface area contributed by atoms with E-state index in [1.807, 2.05) is 18.7 Å². The van der Waals surface area contributed by atoms with Crippen molar-refractivity contribution in [3.8, 4) is 11.5 Å². The molecule has 1 atom stereocenters. The molecule has 1 aliphatic heterocycles. The number of likely N-dealkylation sites (N-methyl/N-ethyl adjacent to an activating group) is 1. The third kappa shape index (κ3) is 1.62. The van der Waals surface area contributed by atoms with Gasteiger partial charge in [0, 0.05) is 11.6 Å². The molecule has 0 radical (unpaired) electrons. The summed E-state index contributed by atoms with van der Waals surface area (Å²) in [5.74, 6) is -0.394. The average molecular weight is 251 g/mol. The lowest BCUT2D eigenvalue weighted by Gasteiger charge is -2.35. The molecule has 0 spiro atoms. The van der Waals surface area contributed by atoms with Crippen molar-refractivity contribution >= 4 is 5.97 Å². The summed E-state index contributed by atoms with van der Waals surface area (Å²) >= 11 is 0. The van der Waals surface area contributed by atoms with Crippen LogP contribution in [0.5, 0.6) is 11.5 Å². The number of carboxylic acid groups (broad SMARTS) is 1. The maximum atomic E-state index is 11.7. The lowest BCUT2D eigenvalue weighted by Crippen LogP contribution is -2.53. The zero-order valence-corrected chi connectivity index (χ0v) is 10.5. The highest BCUT2D eigenvalue weighted by Gasteiger charge is 2.51. The molecule has 0 fully saturated rings. The molecular weight excluding hydrogens is 234 g/mol. The smallest absolute Gasteiger partial charge is 0.332 e. The van der Waals surface area contributed by atoms with E-state index < -0.39 is 11.5 Å². The molecule has 5 heteroatoms. The zero-order valence-electron chi connectivity index (χ0n) is 10.5. The zero-order chi connectivity index (χ0) is 13.3. The van der Waals surface area contributed by atoms with Crippen molar-refractivity contribution in [3.05, 3.63) is 23.8 Å². The molecule has 5 nitrogen and oxygen atoms in total. The van der Waals surface area contributed by atoms with Gasteiger partial charge in [-0.25, -0.2) is 4.79 Å². The van der Waals surface area contributed by atoms with E-state index in [4.69, 9.17) is 4.74 Å².